The van der Waals surface area contributed by atoms with Gasteiger partial charge in [0.1, 0.15) is 6.61 Å². The van der Waals surface area contributed by atoms with E-state index in [-0.39, 0.29) is 37.3 Å². The lowest BCUT2D eigenvalue weighted by Crippen LogP contribution is -2.30. The van der Waals surface area contributed by atoms with Gasteiger partial charge in [0, 0.05) is 18.8 Å². The lowest BCUT2D eigenvalue weighted by Gasteiger charge is -2.07. The molecular weight excluding hydrogens is 233 g/mol. The van der Waals surface area contributed by atoms with E-state index in [1.807, 2.05) is 0 Å². The average Bonchev–Trinajstić information content (AvgIpc) is 2.11. The van der Waals surface area contributed by atoms with Crippen molar-refractivity contribution < 1.29 is 22.7 Å². The smallest absolute Gasteiger partial charge is 0.370 e. The summed E-state index contributed by atoms with van der Waals surface area (Å²) in [6.07, 6.45) is 0. The lowest BCUT2D eigenvalue weighted by atomic mass is 10.6. The molecule has 0 unspecified atom stereocenters. The van der Waals surface area contributed by atoms with E-state index in [0.29, 0.717) is 6.54 Å². The molecule has 0 aliphatic carbocycles. The van der Waals surface area contributed by atoms with E-state index < -0.39 is 11.4 Å². The molecule has 0 heterocycles. The quantitative estimate of drug-likeness (QED) is 0.635. The van der Waals surface area contributed by atoms with Gasteiger partial charge in [0.05, 0.1) is 6.61 Å². The molecule has 0 atom stereocenters. The van der Waals surface area contributed by atoms with Crippen LogP contribution in [0.2, 0.25) is 0 Å². The first-order valence-corrected chi connectivity index (χ1v) is 5.19. The van der Waals surface area contributed by atoms with Crippen LogP contribution in [-0.4, -0.2) is 43.5 Å². The van der Waals surface area contributed by atoms with Gasteiger partial charge in [-0.1, -0.05) is 0 Å². The van der Waals surface area contributed by atoms with E-state index in [9.17, 15) is 18.0 Å². The molecule has 0 spiro atoms. The molecule has 3 N–H and O–H groups in total. The van der Waals surface area contributed by atoms with Crippen molar-refractivity contribution >= 4 is 17.7 Å². The van der Waals surface area contributed by atoms with Gasteiger partial charge < -0.3 is 15.8 Å². The van der Waals surface area contributed by atoms with E-state index in [0.717, 1.165) is 0 Å². The van der Waals surface area contributed by atoms with E-state index in [2.05, 4.69) is 5.32 Å². The molecule has 0 rings (SSSR count). The Morgan fingerprint density at radius 2 is 2.13 bits per heavy atom. The first-order valence-electron chi connectivity index (χ1n) is 4.21. The fourth-order valence-electron chi connectivity index (χ4n) is 0.656. The zero-order valence-corrected chi connectivity index (χ0v) is 8.79. The van der Waals surface area contributed by atoms with Crippen LogP contribution in [0.5, 0.6) is 0 Å². The average molecular weight is 246 g/mol. The molecule has 90 valence electrons. The molecule has 0 fully saturated rings. The van der Waals surface area contributed by atoms with E-state index in [1.54, 1.807) is 0 Å². The highest BCUT2D eigenvalue weighted by molar-refractivity contribution is 8.00. The third-order valence-corrected chi connectivity index (χ3v) is 1.92. The number of nitrogens with two attached hydrogens (primary N) is 1. The number of hydrogen-bond acceptors (Lipinski definition) is 4. The van der Waals surface area contributed by atoms with Gasteiger partial charge in [-0.15, -0.1) is 0 Å². The largest absolute Gasteiger partial charge is 0.441 e. The van der Waals surface area contributed by atoms with Crippen molar-refractivity contribution in [1.82, 2.24) is 5.32 Å². The molecule has 0 aliphatic rings. The minimum Gasteiger partial charge on any atom is -0.370 e. The van der Waals surface area contributed by atoms with Crippen molar-refractivity contribution in [1.29, 1.82) is 0 Å². The van der Waals surface area contributed by atoms with Crippen molar-refractivity contribution in [2.75, 3.05) is 32.1 Å². The van der Waals surface area contributed by atoms with Gasteiger partial charge >= 0.3 is 5.51 Å². The normalized spacial score (nSPS) is 11.5. The Bertz CT molecular complexity index is 190. The summed E-state index contributed by atoms with van der Waals surface area (Å²) in [5.41, 5.74) is 0.850. The summed E-state index contributed by atoms with van der Waals surface area (Å²) < 4.78 is 39.7. The molecule has 8 heteroatoms. The summed E-state index contributed by atoms with van der Waals surface area (Å²) in [6, 6.07) is 0. The van der Waals surface area contributed by atoms with Gasteiger partial charge in [-0.3, -0.25) is 4.79 Å². The second-order valence-electron chi connectivity index (χ2n) is 2.49. The molecule has 4 nitrogen and oxygen atoms in total. The van der Waals surface area contributed by atoms with Crippen molar-refractivity contribution in [2.45, 2.75) is 5.51 Å². The highest BCUT2D eigenvalue weighted by Gasteiger charge is 2.27. The Balaban J connectivity index is 3.32. The zero-order valence-electron chi connectivity index (χ0n) is 7.97. The molecular formula is C7H13F3N2O2S. The zero-order chi connectivity index (χ0) is 11.7. The maximum absolute atomic E-state index is 11.6. The Morgan fingerprint density at radius 1 is 1.47 bits per heavy atom. The number of thioether (sulfide) groups is 1. The molecule has 0 aromatic carbocycles. The number of alkyl halides is 3. The summed E-state index contributed by atoms with van der Waals surface area (Å²) in [7, 11) is 0. The summed E-state index contributed by atoms with van der Waals surface area (Å²) in [6.45, 7) is 0.352. The van der Waals surface area contributed by atoms with Gasteiger partial charge in [-0.05, 0) is 11.8 Å². The predicted octanol–water partition coefficient (Wildman–Crippen LogP) is 0.331. The van der Waals surface area contributed by atoms with Crippen LogP contribution in [0, 0.1) is 0 Å². The van der Waals surface area contributed by atoms with Crippen molar-refractivity contribution in [3.8, 4) is 0 Å². The Kier molecular flexibility index (Phi) is 7.53. The number of rotatable bonds is 7. The van der Waals surface area contributed by atoms with Crippen LogP contribution in [0.3, 0.4) is 0 Å². The molecule has 0 aromatic rings. The Hall–Kier alpha value is -0.470. The maximum atomic E-state index is 11.6. The number of carbonyl (C=O) groups excluding carboxylic acids is 1. The van der Waals surface area contributed by atoms with Crippen molar-refractivity contribution in [2.24, 2.45) is 5.73 Å². The summed E-state index contributed by atoms with van der Waals surface area (Å²) in [4.78, 5) is 10.9. The molecule has 0 bridgehead atoms. The first kappa shape index (κ1) is 14.5. The minimum absolute atomic E-state index is 0.0327. The fourth-order valence-corrected chi connectivity index (χ4v) is 1.09. The lowest BCUT2D eigenvalue weighted by molar-refractivity contribution is -0.125. The number of ether oxygens (including phenoxy) is 1. The van der Waals surface area contributed by atoms with Gasteiger partial charge in [0.25, 0.3) is 0 Å². The van der Waals surface area contributed by atoms with Crippen LogP contribution in [-0.2, 0) is 9.53 Å². The van der Waals surface area contributed by atoms with Gasteiger partial charge in [-0.2, -0.15) is 13.2 Å². The third-order valence-electron chi connectivity index (χ3n) is 1.19. The topological polar surface area (TPSA) is 64.3 Å². The highest BCUT2D eigenvalue weighted by atomic mass is 32.2. The number of carbonyl (C=O) groups is 1. The second-order valence-corrected chi connectivity index (χ2v) is 3.65. The van der Waals surface area contributed by atoms with E-state index >= 15 is 0 Å². The summed E-state index contributed by atoms with van der Waals surface area (Å²) >= 11 is -0.172. The first-order chi connectivity index (χ1) is 6.95. The summed E-state index contributed by atoms with van der Waals surface area (Å²) in [5.74, 6) is -0.641. The predicted molar refractivity (Wildman–Crippen MR) is 51.4 cm³/mol. The Morgan fingerprint density at radius 3 is 2.67 bits per heavy atom. The monoisotopic (exact) mass is 246 g/mol. The highest BCUT2D eigenvalue weighted by Crippen LogP contribution is 2.29. The molecule has 0 aromatic heterocycles. The number of nitrogens with one attached hydrogen (secondary N) is 1. The molecule has 0 aliphatic heterocycles. The molecule has 15 heavy (non-hydrogen) atoms. The van der Waals surface area contributed by atoms with Crippen LogP contribution in [0.25, 0.3) is 0 Å². The third kappa shape index (κ3) is 11.5. The van der Waals surface area contributed by atoms with Gasteiger partial charge in [0.15, 0.2) is 0 Å². The summed E-state index contributed by atoms with van der Waals surface area (Å²) in [5, 5.41) is 2.29. The molecule has 0 saturated heterocycles. The van der Waals surface area contributed by atoms with Crippen LogP contribution in [0.4, 0.5) is 13.2 Å². The number of hydrogen-bond donors (Lipinski definition) is 2. The van der Waals surface area contributed by atoms with E-state index in [1.165, 1.54) is 0 Å². The second kappa shape index (κ2) is 7.77. The minimum atomic E-state index is -4.25. The maximum Gasteiger partial charge on any atom is 0.441 e. The van der Waals surface area contributed by atoms with Crippen LogP contribution in [0.15, 0.2) is 0 Å². The van der Waals surface area contributed by atoms with E-state index in [4.69, 9.17) is 10.5 Å². The molecule has 1 amide bonds. The molecule has 0 saturated carbocycles. The fraction of sp³-hybridized carbons (Fsp3) is 0.857. The van der Waals surface area contributed by atoms with Crippen LogP contribution in [0.1, 0.15) is 0 Å². The van der Waals surface area contributed by atoms with Crippen molar-refractivity contribution in [3.05, 3.63) is 0 Å². The molecule has 0 radical (unpaired) electrons. The SMILES string of the molecule is NCCOCC(=O)NCCSC(F)(F)F. The van der Waals surface area contributed by atoms with Crippen LogP contribution < -0.4 is 11.1 Å². The Labute approximate surface area is 89.7 Å². The van der Waals surface area contributed by atoms with Gasteiger partial charge in [-0.25, -0.2) is 0 Å². The van der Waals surface area contributed by atoms with Crippen LogP contribution >= 0.6 is 11.8 Å². The number of halogens is 3. The standard InChI is InChI=1S/C7H13F3N2O2S/c8-7(9,10)15-4-2-12-6(13)5-14-3-1-11/h1-5,11H2,(H,12,13). The van der Waals surface area contributed by atoms with Gasteiger partial charge in [0.2, 0.25) is 5.91 Å². The van der Waals surface area contributed by atoms with Crippen molar-refractivity contribution in [3.63, 3.8) is 0 Å². The number of amides is 1.